The predicted octanol–water partition coefficient (Wildman–Crippen LogP) is 5.10. The molecule has 0 radical (unpaired) electrons. The van der Waals surface area contributed by atoms with E-state index in [0.717, 1.165) is 38.5 Å². The number of halogens is 1. The Morgan fingerprint density at radius 3 is 2.35 bits per heavy atom. The van der Waals surface area contributed by atoms with Crippen molar-refractivity contribution in [2.75, 3.05) is 0 Å². The molecule has 1 nitrogen and oxygen atoms in total. The summed E-state index contributed by atoms with van der Waals surface area (Å²) in [6.45, 7) is 4.20. The molecule has 2 heteroatoms. The SMILES string of the molecule is CCCC(C)C(=O)[C@H]1CC[C@H](c2ccc(F)cc2)CC1. The van der Waals surface area contributed by atoms with Crippen LogP contribution in [-0.2, 0) is 4.79 Å². The van der Waals surface area contributed by atoms with Gasteiger partial charge in [0.15, 0.2) is 0 Å². The summed E-state index contributed by atoms with van der Waals surface area (Å²) in [6.07, 6.45) is 6.19. The van der Waals surface area contributed by atoms with Crippen LogP contribution in [0.1, 0.15) is 63.9 Å². The van der Waals surface area contributed by atoms with Gasteiger partial charge in [-0.25, -0.2) is 4.39 Å². The van der Waals surface area contributed by atoms with Gasteiger partial charge in [0.2, 0.25) is 0 Å². The lowest BCUT2D eigenvalue weighted by molar-refractivity contribution is -0.127. The van der Waals surface area contributed by atoms with E-state index >= 15 is 0 Å². The molecular weight excluding hydrogens is 251 g/mol. The van der Waals surface area contributed by atoms with Gasteiger partial charge < -0.3 is 0 Å². The molecule has 20 heavy (non-hydrogen) atoms. The molecule has 110 valence electrons. The molecule has 1 fully saturated rings. The van der Waals surface area contributed by atoms with E-state index in [2.05, 4.69) is 13.8 Å². The van der Waals surface area contributed by atoms with Gasteiger partial charge in [0.1, 0.15) is 11.6 Å². The first kappa shape index (κ1) is 15.2. The second-order valence-electron chi connectivity index (χ2n) is 6.19. The zero-order chi connectivity index (χ0) is 14.5. The zero-order valence-corrected chi connectivity index (χ0v) is 12.6. The molecule has 0 spiro atoms. The first-order valence-electron chi connectivity index (χ1n) is 7.91. The van der Waals surface area contributed by atoms with Crippen molar-refractivity contribution in [2.24, 2.45) is 11.8 Å². The summed E-state index contributed by atoms with van der Waals surface area (Å²) in [6, 6.07) is 6.86. The predicted molar refractivity (Wildman–Crippen MR) is 80.2 cm³/mol. The Hall–Kier alpha value is -1.18. The van der Waals surface area contributed by atoms with E-state index in [9.17, 15) is 9.18 Å². The summed E-state index contributed by atoms with van der Waals surface area (Å²) < 4.78 is 12.9. The molecule has 1 saturated carbocycles. The van der Waals surface area contributed by atoms with Crippen molar-refractivity contribution in [3.8, 4) is 0 Å². The second kappa shape index (κ2) is 7.01. The number of carbonyl (C=O) groups is 1. The lowest BCUT2D eigenvalue weighted by Gasteiger charge is -2.29. The highest BCUT2D eigenvalue weighted by atomic mass is 19.1. The molecule has 0 bridgehead atoms. The van der Waals surface area contributed by atoms with E-state index in [-0.39, 0.29) is 17.7 Å². The van der Waals surface area contributed by atoms with E-state index in [4.69, 9.17) is 0 Å². The molecule has 0 amide bonds. The minimum absolute atomic E-state index is 0.175. The summed E-state index contributed by atoms with van der Waals surface area (Å²) >= 11 is 0. The fourth-order valence-corrected chi connectivity index (χ4v) is 3.42. The normalized spacial score (nSPS) is 24.4. The lowest BCUT2D eigenvalue weighted by Crippen LogP contribution is -2.25. The monoisotopic (exact) mass is 276 g/mol. The van der Waals surface area contributed by atoms with Gasteiger partial charge >= 0.3 is 0 Å². The van der Waals surface area contributed by atoms with Crippen LogP contribution in [0.3, 0.4) is 0 Å². The molecule has 2 rings (SSSR count). The molecule has 1 unspecified atom stereocenters. The van der Waals surface area contributed by atoms with Crippen LogP contribution < -0.4 is 0 Å². The Bertz CT molecular complexity index is 429. The van der Waals surface area contributed by atoms with Crippen LogP contribution in [0.15, 0.2) is 24.3 Å². The second-order valence-corrected chi connectivity index (χ2v) is 6.19. The maximum absolute atomic E-state index is 12.9. The molecule has 0 saturated heterocycles. The quantitative estimate of drug-likeness (QED) is 0.730. The van der Waals surface area contributed by atoms with Crippen molar-refractivity contribution in [3.05, 3.63) is 35.6 Å². The van der Waals surface area contributed by atoms with Crippen molar-refractivity contribution in [3.63, 3.8) is 0 Å². The van der Waals surface area contributed by atoms with Crippen LogP contribution in [0, 0.1) is 17.7 Å². The van der Waals surface area contributed by atoms with E-state index in [1.807, 2.05) is 12.1 Å². The smallest absolute Gasteiger partial charge is 0.138 e. The third-order valence-electron chi connectivity index (χ3n) is 4.68. The summed E-state index contributed by atoms with van der Waals surface area (Å²) in [7, 11) is 0. The van der Waals surface area contributed by atoms with Crippen LogP contribution >= 0.6 is 0 Å². The van der Waals surface area contributed by atoms with Gasteiger partial charge in [-0.2, -0.15) is 0 Å². The highest BCUT2D eigenvalue weighted by Gasteiger charge is 2.29. The maximum Gasteiger partial charge on any atom is 0.138 e. The standard InChI is InChI=1S/C18H25FO/c1-3-4-13(2)18(20)16-7-5-14(6-8-16)15-9-11-17(19)12-10-15/h9-14,16H,3-8H2,1-2H3/t13?,14-,16-. The molecular formula is C18H25FO. The first-order chi connectivity index (χ1) is 9.61. The van der Waals surface area contributed by atoms with Gasteiger partial charge in [0, 0.05) is 11.8 Å². The van der Waals surface area contributed by atoms with Gasteiger partial charge in [0.05, 0.1) is 0 Å². The minimum atomic E-state index is -0.175. The molecule has 1 aromatic carbocycles. The molecule has 0 aliphatic heterocycles. The Kier molecular flexibility index (Phi) is 5.33. The summed E-state index contributed by atoms with van der Waals surface area (Å²) in [5.74, 6) is 1.26. The average Bonchev–Trinajstić information content (AvgIpc) is 2.48. The Balaban J connectivity index is 1.89. The topological polar surface area (TPSA) is 17.1 Å². The Labute approximate surface area is 121 Å². The number of benzene rings is 1. The van der Waals surface area contributed by atoms with Gasteiger partial charge in [-0.1, -0.05) is 32.4 Å². The van der Waals surface area contributed by atoms with Crippen molar-refractivity contribution in [1.82, 2.24) is 0 Å². The molecule has 1 aliphatic rings. The number of hydrogen-bond donors (Lipinski definition) is 0. The van der Waals surface area contributed by atoms with Gasteiger partial charge in [-0.05, 0) is 55.7 Å². The van der Waals surface area contributed by atoms with Crippen molar-refractivity contribution >= 4 is 5.78 Å². The van der Waals surface area contributed by atoms with Gasteiger partial charge in [-0.15, -0.1) is 0 Å². The number of rotatable bonds is 5. The maximum atomic E-state index is 12.9. The number of hydrogen-bond acceptors (Lipinski definition) is 1. The highest BCUT2D eigenvalue weighted by Crippen LogP contribution is 2.37. The fourth-order valence-electron chi connectivity index (χ4n) is 3.42. The largest absolute Gasteiger partial charge is 0.299 e. The van der Waals surface area contributed by atoms with Crippen LogP contribution in [0.25, 0.3) is 0 Å². The Morgan fingerprint density at radius 2 is 1.80 bits per heavy atom. The van der Waals surface area contributed by atoms with Crippen LogP contribution in [0.2, 0.25) is 0 Å². The first-order valence-corrected chi connectivity index (χ1v) is 7.91. The highest BCUT2D eigenvalue weighted by molar-refractivity contribution is 5.83. The van der Waals surface area contributed by atoms with Gasteiger partial charge in [0.25, 0.3) is 0 Å². The number of ketones is 1. The van der Waals surface area contributed by atoms with Crippen LogP contribution in [0.4, 0.5) is 4.39 Å². The Morgan fingerprint density at radius 1 is 1.20 bits per heavy atom. The number of Topliss-reactive ketones (excluding diaryl/α,β-unsaturated/α-hetero) is 1. The summed E-state index contributed by atoms with van der Waals surface area (Å²) in [4.78, 5) is 12.3. The average molecular weight is 276 g/mol. The minimum Gasteiger partial charge on any atom is -0.299 e. The molecule has 0 aromatic heterocycles. The van der Waals surface area contributed by atoms with E-state index in [0.29, 0.717) is 11.7 Å². The van der Waals surface area contributed by atoms with Crippen molar-refractivity contribution in [2.45, 2.75) is 58.3 Å². The lowest BCUT2D eigenvalue weighted by atomic mass is 9.75. The zero-order valence-electron chi connectivity index (χ0n) is 12.6. The van der Waals surface area contributed by atoms with Crippen LogP contribution in [0.5, 0.6) is 0 Å². The van der Waals surface area contributed by atoms with E-state index < -0.39 is 0 Å². The van der Waals surface area contributed by atoms with E-state index in [1.165, 1.54) is 17.7 Å². The summed E-state index contributed by atoms with van der Waals surface area (Å²) in [5, 5.41) is 0. The number of carbonyl (C=O) groups excluding carboxylic acids is 1. The molecule has 1 atom stereocenters. The molecule has 1 aromatic rings. The molecule has 0 heterocycles. The third-order valence-corrected chi connectivity index (χ3v) is 4.68. The molecule has 1 aliphatic carbocycles. The van der Waals surface area contributed by atoms with Crippen molar-refractivity contribution < 1.29 is 9.18 Å². The van der Waals surface area contributed by atoms with Gasteiger partial charge in [-0.3, -0.25) is 4.79 Å². The summed E-state index contributed by atoms with van der Waals surface area (Å²) in [5.41, 5.74) is 1.22. The van der Waals surface area contributed by atoms with E-state index in [1.54, 1.807) is 0 Å². The third kappa shape index (κ3) is 3.68. The van der Waals surface area contributed by atoms with Crippen LogP contribution in [-0.4, -0.2) is 5.78 Å². The van der Waals surface area contributed by atoms with Crippen molar-refractivity contribution in [1.29, 1.82) is 0 Å². The molecule has 0 N–H and O–H groups in total. The fraction of sp³-hybridized carbons (Fsp3) is 0.611.